The minimum atomic E-state index is 0.317. The zero-order chi connectivity index (χ0) is 16.4. The van der Waals surface area contributed by atoms with Crippen molar-refractivity contribution in [3.63, 3.8) is 0 Å². The molecular weight excluding hydrogens is 298 g/mol. The van der Waals surface area contributed by atoms with Gasteiger partial charge in [0.1, 0.15) is 5.82 Å². The molecule has 24 heavy (non-hydrogen) atoms. The van der Waals surface area contributed by atoms with E-state index in [1.807, 2.05) is 6.20 Å². The van der Waals surface area contributed by atoms with Gasteiger partial charge < -0.3 is 9.88 Å². The molecule has 2 aromatic rings. The van der Waals surface area contributed by atoms with Crippen molar-refractivity contribution >= 4 is 5.91 Å². The van der Waals surface area contributed by atoms with Gasteiger partial charge in [-0.05, 0) is 43.6 Å². The highest BCUT2D eigenvalue weighted by Crippen LogP contribution is 2.40. The lowest BCUT2D eigenvalue weighted by Crippen LogP contribution is -2.47. The van der Waals surface area contributed by atoms with E-state index >= 15 is 0 Å². The number of nitrogens with one attached hydrogen (secondary N) is 1. The lowest BCUT2D eigenvalue weighted by molar-refractivity contribution is -0.136. The van der Waals surface area contributed by atoms with Crippen LogP contribution in [-0.4, -0.2) is 32.9 Å². The molecule has 126 valence electrons. The van der Waals surface area contributed by atoms with Gasteiger partial charge in [0.15, 0.2) is 0 Å². The van der Waals surface area contributed by atoms with Gasteiger partial charge >= 0.3 is 0 Å². The Kier molecular flexibility index (Phi) is 4.37. The molecule has 0 radical (unpaired) electrons. The Hall–Kier alpha value is -2.10. The van der Waals surface area contributed by atoms with Gasteiger partial charge in [0.25, 0.3) is 0 Å². The number of aryl methyl sites for hydroxylation is 1. The molecular formula is C20H25N3O. The average molecular weight is 323 g/mol. The molecule has 2 unspecified atom stereocenters. The van der Waals surface area contributed by atoms with Gasteiger partial charge in [-0.1, -0.05) is 30.3 Å². The predicted octanol–water partition coefficient (Wildman–Crippen LogP) is 3.35. The summed E-state index contributed by atoms with van der Waals surface area (Å²) in [5, 5.41) is 0. The van der Waals surface area contributed by atoms with Crippen molar-refractivity contribution in [2.24, 2.45) is 5.92 Å². The van der Waals surface area contributed by atoms with Crippen LogP contribution >= 0.6 is 0 Å². The number of piperidine rings is 1. The third-order valence-electron chi connectivity index (χ3n) is 5.62. The minimum Gasteiger partial charge on any atom is -0.349 e. The fraction of sp³-hybridized carbons (Fsp3) is 0.500. The van der Waals surface area contributed by atoms with Crippen LogP contribution in [0.4, 0.5) is 0 Å². The fourth-order valence-electron chi connectivity index (χ4n) is 4.60. The molecule has 0 saturated carbocycles. The summed E-state index contributed by atoms with van der Waals surface area (Å²) in [7, 11) is 0. The van der Waals surface area contributed by atoms with Crippen molar-refractivity contribution in [1.29, 1.82) is 0 Å². The number of hydrogen-bond donors (Lipinski definition) is 1. The number of fused-ring (bicyclic) bond motifs is 2. The monoisotopic (exact) mass is 323 g/mol. The van der Waals surface area contributed by atoms with Crippen LogP contribution in [-0.2, 0) is 17.6 Å². The summed E-state index contributed by atoms with van der Waals surface area (Å²) < 4.78 is 0. The zero-order valence-corrected chi connectivity index (χ0v) is 14.0. The van der Waals surface area contributed by atoms with Gasteiger partial charge in [-0.2, -0.15) is 0 Å². The van der Waals surface area contributed by atoms with E-state index in [0.717, 1.165) is 37.4 Å². The second kappa shape index (κ2) is 6.80. The highest BCUT2D eigenvalue weighted by Gasteiger charge is 2.42. The van der Waals surface area contributed by atoms with Gasteiger partial charge in [0, 0.05) is 37.3 Å². The number of aromatic nitrogens is 2. The van der Waals surface area contributed by atoms with Crippen molar-refractivity contribution in [1.82, 2.24) is 14.9 Å². The van der Waals surface area contributed by atoms with Crippen LogP contribution < -0.4 is 0 Å². The molecule has 1 amide bonds. The van der Waals surface area contributed by atoms with Crippen molar-refractivity contribution in [3.8, 4) is 0 Å². The maximum atomic E-state index is 12.7. The van der Waals surface area contributed by atoms with Crippen molar-refractivity contribution in [2.75, 3.05) is 0 Å². The molecule has 4 rings (SSSR count). The molecule has 4 nitrogen and oxygen atoms in total. The van der Waals surface area contributed by atoms with Crippen LogP contribution in [0, 0.1) is 5.92 Å². The highest BCUT2D eigenvalue weighted by molar-refractivity contribution is 5.77. The van der Waals surface area contributed by atoms with Gasteiger partial charge in [-0.25, -0.2) is 4.98 Å². The molecule has 2 aliphatic heterocycles. The molecule has 0 aliphatic carbocycles. The molecule has 0 spiro atoms. The van der Waals surface area contributed by atoms with Gasteiger partial charge in [0.2, 0.25) is 5.91 Å². The summed E-state index contributed by atoms with van der Waals surface area (Å²) >= 11 is 0. The van der Waals surface area contributed by atoms with Crippen LogP contribution in [0.15, 0.2) is 42.7 Å². The lowest BCUT2D eigenvalue weighted by atomic mass is 9.85. The Morgan fingerprint density at radius 3 is 2.58 bits per heavy atom. The summed E-state index contributed by atoms with van der Waals surface area (Å²) in [4.78, 5) is 22.2. The lowest BCUT2D eigenvalue weighted by Gasteiger charge is -2.39. The summed E-state index contributed by atoms with van der Waals surface area (Å²) in [6.45, 7) is 0. The normalized spacial score (nSPS) is 25.8. The third kappa shape index (κ3) is 3.23. The van der Waals surface area contributed by atoms with Crippen molar-refractivity contribution in [3.05, 3.63) is 54.1 Å². The number of rotatable bonds is 5. The van der Waals surface area contributed by atoms with E-state index in [-0.39, 0.29) is 0 Å². The number of imidazole rings is 1. The number of amides is 1. The number of carbonyl (C=O) groups is 1. The topological polar surface area (TPSA) is 49.0 Å². The molecule has 1 N–H and O–H groups in total. The molecule has 1 aromatic carbocycles. The molecule has 2 fully saturated rings. The summed E-state index contributed by atoms with van der Waals surface area (Å²) in [6.07, 6.45) is 10.7. The second-order valence-electron chi connectivity index (χ2n) is 7.25. The first-order valence-electron chi connectivity index (χ1n) is 9.13. The molecule has 2 bridgehead atoms. The first-order chi connectivity index (χ1) is 11.8. The van der Waals surface area contributed by atoms with Gasteiger partial charge in [-0.3, -0.25) is 4.79 Å². The SMILES string of the molecule is O=C(CCc1ncc[nH]1)N1C2CCC1CC(Cc1ccccc1)C2. The summed E-state index contributed by atoms with van der Waals surface area (Å²) in [5.41, 5.74) is 1.43. The van der Waals surface area contributed by atoms with Crippen LogP contribution in [0.25, 0.3) is 0 Å². The molecule has 4 heteroatoms. The molecule has 2 atom stereocenters. The maximum absolute atomic E-state index is 12.7. The van der Waals surface area contributed by atoms with Gasteiger partial charge in [0.05, 0.1) is 0 Å². The van der Waals surface area contributed by atoms with Crippen molar-refractivity contribution < 1.29 is 4.79 Å². The standard InChI is InChI=1S/C20H25N3O/c24-20(9-8-19-21-10-11-22-19)23-17-6-7-18(23)14-16(13-17)12-15-4-2-1-3-5-15/h1-5,10-11,16-18H,6-9,12-14H2,(H,21,22). The van der Waals surface area contributed by atoms with E-state index in [9.17, 15) is 4.79 Å². The van der Waals surface area contributed by atoms with Crippen LogP contribution in [0.3, 0.4) is 0 Å². The number of hydrogen-bond acceptors (Lipinski definition) is 2. The Labute approximate surface area is 143 Å². The fourth-order valence-corrected chi connectivity index (χ4v) is 4.60. The first-order valence-corrected chi connectivity index (χ1v) is 9.13. The number of benzene rings is 1. The molecule has 1 aromatic heterocycles. The Morgan fingerprint density at radius 1 is 1.17 bits per heavy atom. The predicted molar refractivity (Wildman–Crippen MR) is 93.4 cm³/mol. The number of nitrogens with zero attached hydrogens (tertiary/aromatic N) is 2. The van der Waals surface area contributed by atoms with Crippen LogP contribution in [0.5, 0.6) is 0 Å². The number of aromatic amines is 1. The maximum Gasteiger partial charge on any atom is 0.223 e. The van der Waals surface area contributed by atoms with Crippen molar-refractivity contribution in [2.45, 2.75) is 57.0 Å². The first kappa shape index (κ1) is 15.4. The molecule has 3 heterocycles. The Balaban J connectivity index is 1.35. The zero-order valence-electron chi connectivity index (χ0n) is 14.0. The van der Waals surface area contributed by atoms with Crippen LogP contribution in [0.2, 0.25) is 0 Å². The summed E-state index contributed by atoms with van der Waals surface area (Å²) in [5.74, 6) is 1.95. The van der Waals surface area contributed by atoms with E-state index in [1.165, 1.54) is 18.4 Å². The van der Waals surface area contributed by atoms with E-state index in [4.69, 9.17) is 0 Å². The highest BCUT2D eigenvalue weighted by atomic mass is 16.2. The number of H-pyrrole nitrogens is 1. The average Bonchev–Trinajstić information content (AvgIpc) is 3.20. The third-order valence-corrected chi connectivity index (χ3v) is 5.62. The van der Waals surface area contributed by atoms with Crippen LogP contribution in [0.1, 0.15) is 43.5 Å². The summed E-state index contributed by atoms with van der Waals surface area (Å²) in [6, 6.07) is 11.7. The Morgan fingerprint density at radius 2 is 1.92 bits per heavy atom. The van der Waals surface area contributed by atoms with Gasteiger partial charge in [-0.15, -0.1) is 0 Å². The Bertz CT molecular complexity index is 653. The largest absolute Gasteiger partial charge is 0.349 e. The number of carbonyl (C=O) groups excluding carboxylic acids is 1. The molecule has 2 aliphatic rings. The quantitative estimate of drug-likeness (QED) is 0.917. The van der Waals surface area contributed by atoms with E-state index in [0.29, 0.717) is 24.4 Å². The van der Waals surface area contributed by atoms with E-state index in [2.05, 4.69) is 45.2 Å². The second-order valence-corrected chi connectivity index (χ2v) is 7.25. The molecule has 2 saturated heterocycles. The smallest absolute Gasteiger partial charge is 0.223 e. The minimum absolute atomic E-state index is 0.317. The van der Waals surface area contributed by atoms with E-state index < -0.39 is 0 Å². The van der Waals surface area contributed by atoms with E-state index in [1.54, 1.807) is 6.20 Å².